The number of amides is 1. The third-order valence-electron chi connectivity index (χ3n) is 3.96. The Balaban J connectivity index is 1.61. The van der Waals surface area contributed by atoms with Crippen molar-refractivity contribution in [2.24, 2.45) is 0 Å². The largest absolute Gasteiger partial charge is 0.368 e. The highest BCUT2D eigenvalue weighted by Crippen LogP contribution is 2.41. The topological polar surface area (TPSA) is 41.1 Å². The summed E-state index contributed by atoms with van der Waals surface area (Å²) < 4.78 is 27.0. The first-order valence-electron chi connectivity index (χ1n) is 7.21. The van der Waals surface area contributed by atoms with E-state index in [2.05, 4.69) is 10.6 Å². The first-order chi connectivity index (χ1) is 11.5. The first-order valence-corrected chi connectivity index (χ1v) is 8.53. The fourth-order valence-electron chi connectivity index (χ4n) is 2.81. The number of thioether (sulfide) groups is 1. The molecule has 1 amide bonds. The zero-order chi connectivity index (χ0) is 16.8. The van der Waals surface area contributed by atoms with E-state index in [4.69, 9.17) is 11.6 Å². The average Bonchev–Trinajstić information content (AvgIpc) is 3.12. The van der Waals surface area contributed by atoms with Crippen molar-refractivity contribution >= 4 is 40.7 Å². The quantitative estimate of drug-likeness (QED) is 0.827. The van der Waals surface area contributed by atoms with Crippen molar-refractivity contribution in [3.63, 3.8) is 0 Å². The lowest BCUT2D eigenvalue weighted by Crippen LogP contribution is -2.14. The lowest BCUT2D eigenvalue weighted by atomic mass is 10.1. The minimum Gasteiger partial charge on any atom is -0.368 e. The van der Waals surface area contributed by atoms with Gasteiger partial charge in [-0.2, -0.15) is 0 Å². The molecule has 2 aromatic carbocycles. The van der Waals surface area contributed by atoms with Crippen molar-refractivity contribution in [3.05, 3.63) is 69.1 Å². The van der Waals surface area contributed by atoms with Crippen LogP contribution in [0, 0.1) is 11.6 Å². The zero-order valence-electron chi connectivity index (χ0n) is 12.2. The standard InChI is InChI=1S/C17H11ClF2N2OS/c18-12-6-14-8(4-16(23)21-14)3-11(12)15-7-24-17(22-15)10-2-1-9(19)5-13(10)20/h1-3,5-7,17,22H,4H2,(H,21,23). The summed E-state index contributed by atoms with van der Waals surface area (Å²) in [6, 6.07) is 7.11. The molecule has 0 fully saturated rings. The fraction of sp³-hybridized carbons (Fsp3) is 0.118. The molecule has 2 aliphatic heterocycles. The van der Waals surface area contributed by atoms with Crippen LogP contribution in [0.15, 0.2) is 35.7 Å². The molecule has 7 heteroatoms. The molecule has 0 saturated carbocycles. The van der Waals surface area contributed by atoms with E-state index in [1.807, 2.05) is 11.5 Å². The minimum absolute atomic E-state index is 0.0628. The third kappa shape index (κ3) is 2.65. The molecular formula is C17H11ClF2N2OS. The van der Waals surface area contributed by atoms with Gasteiger partial charge in [-0.3, -0.25) is 4.79 Å². The van der Waals surface area contributed by atoms with Crippen LogP contribution in [-0.2, 0) is 11.2 Å². The molecule has 24 heavy (non-hydrogen) atoms. The molecule has 122 valence electrons. The number of halogens is 3. The normalized spacial score (nSPS) is 18.9. The van der Waals surface area contributed by atoms with Gasteiger partial charge < -0.3 is 10.6 Å². The average molecular weight is 365 g/mol. The fourth-order valence-corrected chi connectivity index (χ4v) is 4.07. The van der Waals surface area contributed by atoms with Crippen molar-refractivity contribution in [2.75, 3.05) is 5.32 Å². The molecule has 4 rings (SSSR count). The molecule has 0 aliphatic carbocycles. The van der Waals surface area contributed by atoms with Crippen LogP contribution in [0.3, 0.4) is 0 Å². The second-order valence-electron chi connectivity index (χ2n) is 5.57. The van der Waals surface area contributed by atoms with Gasteiger partial charge in [0.2, 0.25) is 5.91 Å². The number of nitrogens with one attached hydrogen (secondary N) is 2. The molecule has 2 aromatic rings. The van der Waals surface area contributed by atoms with Gasteiger partial charge in [-0.25, -0.2) is 8.78 Å². The summed E-state index contributed by atoms with van der Waals surface area (Å²) >= 11 is 7.70. The van der Waals surface area contributed by atoms with Crippen LogP contribution in [0.4, 0.5) is 14.5 Å². The Morgan fingerprint density at radius 1 is 1.21 bits per heavy atom. The third-order valence-corrected chi connectivity index (χ3v) is 5.29. The van der Waals surface area contributed by atoms with Crippen LogP contribution in [0.25, 0.3) is 5.70 Å². The molecule has 0 spiro atoms. The zero-order valence-corrected chi connectivity index (χ0v) is 13.8. The number of benzene rings is 2. The van der Waals surface area contributed by atoms with E-state index in [9.17, 15) is 13.6 Å². The molecule has 2 heterocycles. The van der Waals surface area contributed by atoms with Crippen molar-refractivity contribution in [3.8, 4) is 0 Å². The van der Waals surface area contributed by atoms with E-state index in [0.717, 1.165) is 28.6 Å². The first kappa shape index (κ1) is 15.5. The summed E-state index contributed by atoms with van der Waals surface area (Å²) in [6.45, 7) is 0. The van der Waals surface area contributed by atoms with Crippen LogP contribution < -0.4 is 10.6 Å². The molecule has 3 nitrogen and oxygen atoms in total. The number of hydrogen-bond acceptors (Lipinski definition) is 3. The van der Waals surface area contributed by atoms with Crippen molar-refractivity contribution in [1.29, 1.82) is 0 Å². The van der Waals surface area contributed by atoms with Gasteiger partial charge in [-0.15, -0.1) is 11.8 Å². The van der Waals surface area contributed by atoms with E-state index in [1.165, 1.54) is 23.9 Å². The van der Waals surface area contributed by atoms with Crippen LogP contribution in [0.2, 0.25) is 5.02 Å². The Morgan fingerprint density at radius 3 is 2.83 bits per heavy atom. The summed E-state index contributed by atoms with van der Waals surface area (Å²) in [7, 11) is 0. The van der Waals surface area contributed by atoms with Crippen molar-refractivity contribution < 1.29 is 13.6 Å². The van der Waals surface area contributed by atoms with E-state index in [0.29, 0.717) is 17.0 Å². The predicted molar refractivity (Wildman–Crippen MR) is 91.6 cm³/mol. The van der Waals surface area contributed by atoms with Gasteiger partial charge in [-0.1, -0.05) is 17.7 Å². The maximum atomic E-state index is 13.9. The van der Waals surface area contributed by atoms with Gasteiger partial charge in [0.05, 0.1) is 17.1 Å². The molecule has 1 unspecified atom stereocenters. The Labute approximate surface area is 146 Å². The number of rotatable bonds is 2. The van der Waals surface area contributed by atoms with E-state index in [1.54, 1.807) is 6.07 Å². The molecular weight excluding hydrogens is 354 g/mol. The summed E-state index contributed by atoms with van der Waals surface area (Å²) in [5, 5.41) is 7.94. The Kier molecular flexibility index (Phi) is 3.73. The van der Waals surface area contributed by atoms with Gasteiger partial charge in [-0.05, 0) is 29.2 Å². The smallest absolute Gasteiger partial charge is 0.228 e. The highest BCUT2D eigenvalue weighted by molar-refractivity contribution is 8.02. The molecule has 0 radical (unpaired) electrons. The summed E-state index contributed by atoms with van der Waals surface area (Å²) in [5.74, 6) is -1.26. The van der Waals surface area contributed by atoms with Crippen LogP contribution in [0.5, 0.6) is 0 Å². The minimum atomic E-state index is -0.605. The second-order valence-corrected chi connectivity index (χ2v) is 6.96. The highest BCUT2D eigenvalue weighted by Gasteiger charge is 2.26. The monoisotopic (exact) mass is 364 g/mol. The molecule has 0 saturated heterocycles. The van der Waals surface area contributed by atoms with Gasteiger partial charge in [0.1, 0.15) is 17.0 Å². The number of carbonyl (C=O) groups excluding carboxylic acids is 1. The van der Waals surface area contributed by atoms with Crippen LogP contribution >= 0.6 is 23.4 Å². The summed E-state index contributed by atoms with van der Waals surface area (Å²) in [5.41, 5.74) is 3.48. The van der Waals surface area contributed by atoms with Gasteiger partial charge in [0, 0.05) is 22.9 Å². The maximum Gasteiger partial charge on any atom is 0.228 e. The maximum absolute atomic E-state index is 13.9. The highest BCUT2D eigenvalue weighted by atomic mass is 35.5. The lowest BCUT2D eigenvalue weighted by Gasteiger charge is -2.15. The summed E-state index contributed by atoms with van der Waals surface area (Å²) in [6.07, 6.45) is 0.315. The number of anilines is 1. The Hall–Kier alpha value is -2.05. The Bertz CT molecular complexity index is 900. The number of hydrogen-bond donors (Lipinski definition) is 2. The molecule has 0 bridgehead atoms. The second kappa shape index (κ2) is 5.79. The number of fused-ring (bicyclic) bond motifs is 1. The van der Waals surface area contributed by atoms with Crippen molar-refractivity contribution in [2.45, 2.75) is 11.8 Å². The van der Waals surface area contributed by atoms with Crippen molar-refractivity contribution in [1.82, 2.24) is 5.32 Å². The van der Waals surface area contributed by atoms with Gasteiger partial charge >= 0.3 is 0 Å². The lowest BCUT2D eigenvalue weighted by molar-refractivity contribution is -0.115. The van der Waals surface area contributed by atoms with Crippen LogP contribution in [-0.4, -0.2) is 5.91 Å². The molecule has 1 atom stereocenters. The predicted octanol–water partition coefficient (Wildman–Crippen LogP) is 4.45. The van der Waals surface area contributed by atoms with Gasteiger partial charge in [0.15, 0.2) is 0 Å². The van der Waals surface area contributed by atoms with E-state index in [-0.39, 0.29) is 11.3 Å². The molecule has 0 aromatic heterocycles. The Morgan fingerprint density at radius 2 is 2.04 bits per heavy atom. The molecule has 2 N–H and O–H groups in total. The van der Waals surface area contributed by atoms with E-state index >= 15 is 0 Å². The van der Waals surface area contributed by atoms with E-state index < -0.39 is 11.6 Å². The van der Waals surface area contributed by atoms with Gasteiger partial charge in [0.25, 0.3) is 0 Å². The number of carbonyl (C=O) groups is 1. The van der Waals surface area contributed by atoms with Crippen LogP contribution in [0.1, 0.15) is 22.1 Å². The SMILES string of the molecule is O=C1Cc2cc(C3=CSC(c4ccc(F)cc4F)N3)c(Cl)cc2N1. The summed E-state index contributed by atoms with van der Waals surface area (Å²) in [4.78, 5) is 11.5. The molecule has 2 aliphatic rings.